The molecule has 0 radical (unpaired) electrons. The van der Waals surface area contributed by atoms with Gasteiger partial charge in [0, 0.05) is 31.6 Å². The fourth-order valence-electron chi connectivity index (χ4n) is 2.51. The molecule has 1 atom stereocenters. The van der Waals surface area contributed by atoms with Crippen LogP contribution < -0.4 is 5.73 Å². The Morgan fingerprint density at radius 1 is 1.33 bits per heavy atom. The van der Waals surface area contributed by atoms with Crippen molar-refractivity contribution in [1.82, 2.24) is 9.55 Å². The second-order valence-electron chi connectivity index (χ2n) is 5.26. The number of nitrogens with zero attached hydrogens (tertiary/aromatic N) is 2. The summed E-state index contributed by atoms with van der Waals surface area (Å²) < 4.78 is 2.26. The Morgan fingerprint density at radius 3 is 2.89 bits per heavy atom. The Balaban J connectivity index is 1.79. The maximum absolute atomic E-state index is 5.97. The van der Waals surface area contributed by atoms with Crippen molar-refractivity contribution in [2.75, 3.05) is 0 Å². The Hall–Kier alpha value is -1.61. The number of aryl methyl sites for hydroxylation is 2. The molecule has 1 unspecified atom stereocenters. The van der Waals surface area contributed by atoms with Gasteiger partial charge < -0.3 is 10.3 Å². The number of benzene rings is 1. The second kappa shape index (κ2) is 4.58. The molecule has 3 rings (SSSR count). The number of hydrogen-bond acceptors (Lipinski definition) is 2. The van der Waals surface area contributed by atoms with E-state index in [0.717, 1.165) is 37.3 Å². The van der Waals surface area contributed by atoms with Crippen molar-refractivity contribution >= 4 is 0 Å². The van der Waals surface area contributed by atoms with Crippen LogP contribution in [0.5, 0.6) is 0 Å². The zero-order valence-electron chi connectivity index (χ0n) is 10.8. The van der Waals surface area contributed by atoms with Gasteiger partial charge >= 0.3 is 0 Å². The topological polar surface area (TPSA) is 43.8 Å². The first-order valence-electron chi connectivity index (χ1n) is 6.57. The summed E-state index contributed by atoms with van der Waals surface area (Å²) in [5.74, 6) is 1.15. The molecule has 3 nitrogen and oxygen atoms in total. The molecule has 2 aromatic rings. The smallest absolute Gasteiger partial charge is 0.110 e. The first-order chi connectivity index (χ1) is 8.70. The summed E-state index contributed by atoms with van der Waals surface area (Å²) in [7, 11) is 0. The van der Waals surface area contributed by atoms with E-state index < -0.39 is 0 Å². The molecule has 0 fully saturated rings. The summed E-state index contributed by atoms with van der Waals surface area (Å²) in [6, 6.07) is 8.95. The fraction of sp³-hybridized carbons (Fsp3) is 0.400. The number of fused-ring (bicyclic) bond motifs is 1. The highest BCUT2D eigenvalue weighted by Crippen LogP contribution is 2.16. The zero-order chi connectivity index (χ0) is 12.5. The van der Waals surface area contributed by atoms with E-state index in [2.05, 4.69) is 42.0 Å². The molecule has 0 saturated carbocycles. The molecule has 1 aromatic carbocycles. The SMILES string of the molecule is Cc1ccc(Cc2cn3c(n2)CC(N)CC3)cc1. The van der Waals surface area contributed by atoms with Crippen LogP contribution in [0.15, 0.2) is 30.5 Å². The first kappa shape index (κ1) is 11.5. The van der Waals surface area contributed by atoms with Gasteiger partial charge in [-0.15, -0.1) is 0 Å². The lowest BCUT2D eigenvalue weighted by Gasteiger charge is -2.18. The van der Waals surface area contributed by atoms with Gasteiger partial charge in [0.05, 0.1) is 5.69 Å². The molecule has 2 heterocycles. The molecule has 1 aliphatic heterocycles. The largest absolute Gasteiger partial charge is 0.335 e. The number of rotatable bonds is 2. The van der Waals surface area contributed by atoms with Crippen LogP contribution in [0.1, 0.15) is 29.1 Å². The standard InChI is InChI=1S/C15H19N3/c1-11-2-4-12(5-3-11)8-14-10-18-7-6-13(16)9-15(18)17-14/h2-5,10,13H,6-9,16H2,1H3. The van der Waals surface area contributed by atoms with Crippen LogP contribution in [0.2, 0.25) is 0 Å². The van der Waals surface area contributed by atoms with Crippen LogP contribution in [-0.2, 0) is 19.4 Å². The van der Waals surface area contributed by atoms with E-state index in [0.29, 0.717) is 0 Å². The fourth-order valence-corrected chi connectivity index (χ4v) is 2.51. The summed E-state index contributed by atoms with van der Waals surface area (Å²) in [6.45, 7) is 3.12. The Labute approximate surface area is 108 Å². The van der Waals surface area contributed by atoms with E-state index in [4.69, 9.17) is 10.7 Å². The van der Waals surface area contributed by atoms with Gasteiger partial charge in [0.1, 0.15) is 5.82 Å². The van der Waals surface area contributed by atoms with Crippen LogP contribution in [0.4, 0.5) is 0 Å². The van der Waals surface area contributed by atoms with E-state index in [1.54, 1.807) is 0 Å². The molecular weight excluding hydrogens is 222 g/mol. The number of imidazole rings is 1. The highest BCUT2D eigenvalue weighted by Gasteiger charge is 2.17. The maximum Gasteiger partial charge on any atom is 0.110 e. The van der Waals surface area contributed by atoms with Crippen molar-refractivity contribution in [1.29, 1.82) is 0 Å². The molecular formula is C15H19N3. The average molecular weight is 241 g/mol. The lowest BCUT2D eigenvalue weighted by molar-refractivity contribution is 0.463. The normalized spacial score (nSPS) is 18.7. The van der Waals surface area contributed by atoms with E-state index in [1.807, 2.05) is 0 Å². The molecule has 94 valence electrons. The third-order valence-electron chi connectivity index (χ3n) is 3.60. The number of aromatic nitrogens is 2. The Morgan fingerprint density at radius 2 is 2.11 bits per heavy atom. The van der Waals surface area contributed by atoms with Crippen molar-refractivity contribution in [3.63, 3.8) is 0 Å². The van der Waals surface area contributed by atoms with Crippen molar-refractivity contribution in [2.45, 2.75) is 38.8 Å². The monoisotopic (exact) mass is 241 g/mol. The van der Waals surface area contributed by atoms with Crippen molar-refractivity contribution in [3.8, 4) is 0 Å². The zero-order valence-corrected chi connectivity index (χ0v) is 10.8. The van der Waals surface area contributed by atoms with Crippen LogP contribution in [0.25, 0.3) is 0 Å². The summed E-state index contributed by atoms with van der Waals surface area (Å²) in [5.41, 5.74) is 9.75. The van der Waals surface area contributed by atoms with Crippen LogP contribution in [0.3, 0.4) is 0 Å². The van der Waals surface area contributed by atoms with Crippen LogP contribution in [0, 0.1) is 6.92 Å². The van der Waals surface area contributed by atoms with Gasteiger partial charge in [-0.2, -0.15) is 0 Å². The predicted octanol–water partition coefficient (Wildman–Crippen LogP) is 2.06. The molecule has 0 spiro atoms. The van der Waals surface area contributed by atoms with Crippen molar-refractivity contribution in [3.05, 3.63) is 53.1 Å². The van der Waals surface area contributed by atoms with Crippen molar-refractivity contribution < 1.29 is 0 Å². The molecule has 0 amide bonds. The van der Waals surface area contributed by atoms with Gasteiger partial charge in [-0.1, -0.05) is 29.8 Å². The van der Waals surface area contributed by atoms with E-state index >= 15 is 0 Å². The van der Waals surface area contributed by atoms with Gasteiger partial charge in [-0.3, -0.25) is 0 Å². The quantitative estimate of drug-likeness (QED) is 0.874. The van der Waals surface area contributed by atoms with Gasteiger partial charge in [0.2, 0.25) is 0 Å². The van der Waals surface area contributed by atoms with Gasteiger partial charge in [-0.05, 0) is 18.9 Å². The lowest BCUT2D eigenvalue weighted by atomic mass is 10.1. The Bertz CT molecular complexity index is 539. The summed E-state index contributed by atoms with van der Waals surface area (Å²) in [5, 5.41) is 0. The van der Waals surface area contributed by atoms with Crippen LogP contribution >= 0.6 is 0 Å². The third-order valence-corrected chi connectivity index (χ3v) is 3.60. The number of nitrogens with two attached hydrogens (primary N) is 1. The minimum atomic E-state index is 0.284. The molecule has 0 aliphatic carbocycles. The summed E-state index contributed by atoms with van der Waals surface area (Å²) >= 11 is 0. The lowest BCUT2D eigenvalue weighted by Crippen LogP contribution is -2.30. The maximum atomic E-state index is 5.97. The van der Waals surface area contributed by atoms with E-state index in [9.17, 15) is 0 Å². The Kier molecular flexibility index (Phi) is 2.92. The molecule has 1 aliphatic rings. The minimum absolute atomic E-state index is 0.284. The number of hydrogen-bond donors (Lipinski definition) is 1. The van der Waals surface area contributed by atoms with Crippen LogP contribution in [-0.4, -0.2) is 15.6 Å². The third kappa shape index (κ3) is 2.31. The molecule has 0 bridgehead atoms. The molecule has 2 N–H and O–H groups in total. The van der Waals surface area contributed by atoms with E-state index in [-0.39, 0.29) is 6.04 Å². The van der Waals surface area contributed by atoms with Gasteiger partial charge in [0.15, 0.2) is 0 Å². The highest BCUT2D eigenvalue weighted by atomic mass is 15.1. The summed E-state index contributed by atoms with van der Waals surface area (Å²) in [6.07, 6.45) is 5.07. The van der Waals surface area contributed by atoms with Gasteiger partial charge in [0.25, 0.3) is 0 Å². The van der Waals surface area contributed by atoms with E-state index in [1.165, 1.54) is 11.1 Å². The molecule has 3 heteroatoms. The highest BCUT2D eigenvalue weighted by molar-refractivity contribution is 5.25. The molecule has 18 heavy (non-hydrogen) atoms. The van der Waals surface area contributed by atoms with Crippen molar-refractivity contribution in [2.24, 2.45) is 5.73 Å². The summed E-state index contributed by atoms with van der Waals surface area (Å²) in [4.78, 5) is 4.70. The predicted molar refractivity (Wildman–Crippen MR) is 72.5 cm³/mol. The molecule has 1 aromatic heterocycles. The van der Waals surface area contributed by atoms with Gasteiger partial charge in [-0.25, -0.2) is 4.98 Å². The minimum Gasteiger partial charge on any atom is -0.335 e. The first-order valence-corrected chi connectivity index (χ1v) is 6.57. The second-order valence-corrected chi connectivity index (χ2v) is 5.26. The molecule has 0 saturated heterocycles. The average Bonchev–Trinajstić information content (AvgIpc) is 2.73.